The van der Waals surface area contributed by atoms with Crippen molar-refractivity contribution in [3.05, 3.63) is 41.7 Å². The number of anilines is 2. The molecule has 0 bridgehead atoms. The summed E-state index contributed by atoms with van der Waals surface area (Å²) < 4.78 is 4.93. The van der Waals surface area contributed by atoms with Gasteiger partial charge in [-0.05, 0) is 43.8 Å². The number of rotatable bonds is 2. The van der Waals surface area contributed by atoms with Crippen molar-refractivity contribution in [2.45, 2.75) is 13.8 Å². The first-order valence-corrected chi connectivity index (χ1v) is 5.62. The number of aryl methyl sites for hydroxylation is 2. The SMILES string of the molecule is Cc1cccc(NC(=S)Nc2cc(C)on2)c1. The molecular weight excluding hydrogens is 234 g/mol. The lowest BCUT2D eigenvalue weighted by atomic mass is 10.2. The van der Waals surface area contributed by atoms with E-state index in [1.54, 1.807) is 6.07 Å². The molecule has 1 aromatic carbocycles. The molecule has 2 rings (SSSR count). The molecule has 0 aliphatic rings. The average molecular weight is 247 g/mol. The Bertz CT molecular complexity index is 536. The number of aromatic nitrogens is 1. The molecule has 0 radical (unpaired) electrons. The van der Waals surface area contributed by atoms with E-state index in [0.29, 0.717) is 10.9 Å². The van der Waals surface area contributed by atoms with Crippen molar-refractivity contribution < 1.29 is 4.52 Å². The minimum atomic E-state index is 0.490. The van der Waals surface area contributed by atoms with Crippen LogP contribution >= 0.6 is 12.2 Å². The summed E-state index contributed by atoms with van der Waals surface area (Å²) in [5, 5.41) is 10.3. The number of hydrogen-bond acceptors (Lipinski definition) is 3. The summed E-state index contributed by atoms with van der Waals surface area (Å²) in [6, 6.07) is 9.75. The van der Waals surface area contributed by atoms with Crippen LogP contribution in [-0.2, 0) is 0 Å². The zero-order valence-electron chi connectivity index (χ0n) is 9.65. The van der Waals surface area contributed by atoms with E-state index in [9.17, 15) is 0 Å². The highest BCUT2D eigenvalue weighted by molar-refractivity contribution is 7.80. The predicted octanol–water partition coefficient (Wildman–Crippen LogP) is 3.10. The first-order chi connectivity index (χ1) is 8.13. The van der Waals surface area contributed by atoms with E-state index in [-0.39, 0.29) is 0 Å². The Morgan fingerprint density at radius 2 is 2.06 bits per heavy atom. The Hall–Kier alpha value is -1.88. The van der Waals surface area contributed by atoms with E-state index >= 15 is 0 Å². The summed E-state index contributed by atoms with van der Waals surface area (Å²) in [6.07, 6.45) is 0. The van der Waals surface area contributed by atoms with Crippen LogP contribution in [0.2, 0.25) is 0 Å². The molecule has 0 fully saturated rings. The third kappa shape index (κ3) is 3.29. The van der Waals surface area contributed by atoms with Crippen molar-refractivity contribution in [1.82, 2.24) is 5.16 Å². The molecule has 0 spiro atoms. The monoisotopic (exact) mass is 247 g/mol. The zero-order valence-corrected chi connectivity index (χ0v) is 10.5. The Balaban J connectivity index is 1.98. The van der Waals surface area contributed by atoms with Crippen LogP contribution in [0.3, 0.4) is 0 Å². The van der Waals surface area contributed by atoms with Gasteiger partial charge in [-0.2, -0.15) is 0 Å². The maximum atomic E-state index is 5.17. The van der Waals surface area contributed by atoms with Crippen LogP contribution in [0.25, 0.3) is 0 Å². The molecular formula is C12H13N3OS. The fourth-order valence-electron chi connectivity index (χ4n) is 1.43. The van der Waals surface area contributed by atoms with Gasteiger partial charge in [0, 0.05) is 11.8 Å². The van der Waals surface area contributed by atoms with Crippen LogP contribution in [0.5, 0.6) is 0 Å². The van der Waals surface area contributed by atoms with Crippen molar-refractivity contribution in [2.75, 3.05) is 10.6 Å². The van der Waals surface area contributed by atoms with E-state index in [4.69, 9.17) is 16.7 Å². The van der Waals surface area contributed by atoms with Crippen LogP contribution < -0.4 is 10.6 Å². The molecule has 2 N–H and O–H groups in total. The Labute approximate surface area is 105 Å². The summed E-state index contributed by atoms with van der Waals surface area (Å²) in [5.74, 6) is 1.35. The maximum absolute atomic E-state index is 5.17. The van der Waals surface area contributed by atoms with Crippen molar-refractivity contribution in [3.8, 4) is 0 Å². The van der Waals surface area contributed by atoms with Gasteiger partial charge in [-0.1, -0.05) is 17.3 Å². The molecule has 0 unspecified atom stereocenters. The smallest absolute Gasteiger partial charge is 0.176 e. The van der Waals surface area contributed by atoms with Crippen molar-refractivity contribution in [2.24, 2.45) is 0 Å². The highest BCUT2D eigenvalue weighted by atomic mass is 32.1. The molecule has 2 aromatic rings. The second-order valence-electron chi connectivity index (χ2n) is 3.77. The lowest BCUT2D eigenvalue weighted by molar-refractivity contribution is 0.400. The molecule has 5 heteroatoms. The van der Waals surface area contributed by atoms with Crippen molar-refractivity contribution in [3.63, 3.8) is 0 Å². The molecule has 17 heavy (non-hydrogen) atoms. The minimum Gasteiger partial charge on any atom is -0.360 e. The zero-order chi connectivity index (χ0) is 12.3. The first kappa shape index (κ1) is 11.6. The topological polar surface area (TPSA) is 50.1 Å². The lowest BCUT2D eigenvalue weighted by Crippen LogP contribution is -2.19. The number of benzene rings is 1. The molecule has 0 atom stereocenters. The van der Waals surface area contributed by atoms with Gasteiger partial charge in [-0.25, -0.2) is 0 Å². The lowest BCUT2D eigenvalue weighted by Gasteiger charge is -2.08. The quantitative estimate of drug-likeness (QED) is 0.799. The van der Waals surface area contributed by atoms with Gasteiger partial charge in [-0.3, -0.25) is 0 Å². The van der Waals surface area contributed by atoms with Gasteiger partial charge >= 0.3 is 0 Å². The molecule has 1 aromatic heterocycles. The van der Waals surface area contributed by atoms with E-state index in [0.717, 1.165) is 11.4 Å². The van der Waals surface area contributed by atoms with Crippen molar-refractivity contribution in [1.29, 1.82) is 0 Å². The Morgan fingerprint density at radius 1 is 1.24 bits per heavy atom. The van der Waals surface area contributed by atoms with Crippen LogP contribution in [0, 0.1) is 13.8 Å². The second kappa shape index (κ2) is 4.97. The molecule has 1 heterocycles. The number of nitrogens with zero attached hydrogens (tertiary/aromatic N) is 1. The summed E-state index contributed by atoms with van der Waals surface area (Å²) >= 11 is 5.17. The fraction of sp³-hybridized carbons (Fsp3) is 0.167. The van der Waals surface area contributed by atoms with Crippen molar-refractivity contribution >= 4 is 28.8 Å². The summed E-state index contributed by atoms with van der Waals surface area (Å²) in [6.45, 7) is 3.86. The van der Waals surface area contributed by atoms with E-state index < -0.39 is 0 Å². The van der Waals surface area contributed by atoms with Crippen LogP contribution in [0.1, 0.15) is 11.3 Å². The minimum absolute atomic E-state index is 0.490. The third-order valence-electron chi connectivity index (χ3n) is 2.15. The van der Waals surface area contributed by atoms with Gasteiger partial charge in [-0.15, -0.1) is 0 Å². The molecule has 0 aliphatic carbocycles. The van der Waals surface area contributed by atoms with Gasteiger partial charge in [0.2, 0.25) is 0 Å². The molecule has 0 aliphatic heterocycles. The second-order valence-corrected chi connectivity index (χ2v) is 4.18. The fourth-order valence-corrected chi connectivity index (χ4v) is 1.65. The van der Waals surface area contributed by atoms with Gasteiger partial charge in [0.1, 0.15) is 5.76 Å². The molecule has 88 valence electrons. The van der Waals surface area contributed by atoms with Crippen LogP contribution in [0.4, 0.5) is 11.5 Å². The Kier molecular flexibility index (Phi) is 3.39. The maximum Gasteiger partial charge on any atom is 0.176 e. The highest BCUT2D eigenvalue weighted by Gasteiger charge is 2.02. The number of hydrogen-bond donors (Lipinski definition) is 2. The third-order valence-corrected chi connectivity index (χ3v) is 2.35. The predicted molar refractivity (Wildman–Crippen MR) is 72.3 cm³/mol. The van der Waals surface area contributed by atoms with Crippen LogP contribution in [0.15, 0.2) is 34.9 Å². The average Bonchev–Trinajstić information content (AvgIpc) is 2.63. The molecule has 0 saturated heterocycles. The van der Waals surface area contributed by atoms with Crippen LogP contribution in [-0.4, -0.2) is 10.3 Å². The van der Waals surface area contributed by atoms with E-state index in [1.165, 1.54) is 5.56 Å². The number of nitrogens with one attached hydrogen (secondary N) is 2. The van der Waals surface area contributed by atoms with Gasteiger partial charge in [0.25, 0.3) is 0 Å². The standard InChI is InChI=1S/C12H13N3OS/c1-8-4-3-5-10(6-8)13-12(17)14-11-7-9(2)16-15-11/h3-7H,1-2H3,(H2,13,14,15,17). The van der Waals surface area contributed by atoms with Gasteiger partial charge < -0.3 is 15.2 Å². The number of thiocarbonyl (C=S) groups is 1. The first-order valence-electron chi connectivity index (χ1n) is 5.21. The molecule has 0 saturated carbocycles. The van der Waals surface area contributed by atoms with Gasteiger partial charge in [0.15, 0.2) is 10.9 Å². The molecule has 4 nitrogen and oxygen atoms in total. The Morgan fingerprint density at radius 3 is 2.71 bits per heavy atom. The molecule has 0 amide bonds. The largest absolute Gasteiger partial charge is 0.360 e. The van der Waals surface area contributed by atoms with E-state index in [1.807, 2.05) is 38.1 Å². The summed E-state index contributed by atoms with van der Waals surface area (Å²) in [4.78, 5) is 0. The normalized spacial score (nSPS) is 10.0. The highest BCUT2D eigenvalue weighted by Crippen LogP contribution is 2.11. The summed E-state index contributed by atoms with van der Waals surface area (Å²) in [7, 11) is 0. The summed E-state index contributed by atoms with van der Waals surface area (Å²) in [5.41, 5.74) is 2.12. The van der Waals surface area contributed by atoms with E-state index in [2.05, 4.69) is 15.8 Å². The van der Waals surface area contributed by atoms with Gasteiger partial charge in [0.05, 0.1) is 0 Å².